The van der Waals surface area contributed by atoms with Crippen molar-refractivity contribution in [1.82, 2.24) is 10.2 Å². The minimum atomic E-state index is -4.12. The van der Waals surface area contributed by atoms with Crippen LogP contribution in [0.4, 0.5) is 5.69 Å². The molecule has 0 aliphatic heterocycles. The van der Waals surface area contributed by atoms with E-state index in [1.54, 1.807) is 67.6 Å². The number of benzene rings is 3. The lowest BCUT2D eigenvalue weighted by molar-refractivity contribution is -0.141. The van der Waals surface area contributed by atoms with Gasteiger partial charge in [0.05, 0.1) is 20.6 Å². The molecule has 0 fully saturated rings. The summed E-state index contributed by atoms with van der Waals surface area (Å²) in [7, 11) is -4.12. The van der Waals surface area contributed by atoms with Gasteiger partial charge in [0, 0.05) is 12.1 Å². The number of nitrogens with one attached hydrogen (secondary N) is 1. The molecule has 0 bridgehead atoms. The molecular weight excluding hydrogens is 569 g/mol. The van der Waals surface area contributed by atoms with Crippen molar-refractivity contribution in [2.24, 2.45) is 0 Å². The zero-order valence-corrected chi connectivity index (χ0v) is 25.6. The summed E-state index contributed by atoms with van der Waals surface area (Å²) >= 11 is 12.3. The number of carbonyl (C=O) groups is 2. The molecule has 40 heavy (non-hydrogen) atoms. The van der Waals surface area contributed by atoms with Crippen LogP contribution in [-0.2, 0) is 26.2 Å². The number of amides is 2. The molecule has 0 aliphatic carbocycles. The number of aryl methyl sites for hydroxylation is 1. The highest BCUT2D eigenvalue weighted by atomic mass is 35.5. The maximum absolute atomic E-state index is 14.1. The zero-order valence-electron chi connectivity index (χ0n) is 23.3. The van der Waals surface area contributed by atoms with Gasteiger partial charge < -0.3 is 10.2 Å². The molecule has 0 aromatic heterocycles. The van der Waals surface area contributed by atoms with Crippen molar-refractivity contribution in [2.75, 3.05) is 10.8 Å². The van der Waals surface area contributed by atoms with Crippen LogP contribution in [0.15, 0.2) is 77.7 Å². The second-order valence-corrected chi connectivity index (χ2v) is 13.3. The van der Waals surface area contributed by atoms with Crippen molar-refractivity contribution in [1.29, 1.82) is 0 Å². The minimum absolute atomic E-state index is 0.0268. The van der Waals surface area contributed by atoms with Crippen LogP contribution >= 0.6 is 23.2 Å². The highest BCUT2D eigenvalue weighted by Crippen LogP contribution is 2.27. The van der Waals surface area contributed by atoms with Crippen molar-refractivity contribution in [3.05, 3.63) is 94.0 Å². The van der Waals surface area contributed by atoms with Crippen LogP contribution in [0.1, 0.15) is 45.2 Å². The van der Waals surface area contributed by atoms with Gasteiger partial charge >= 0.3 is 0 Å². The Kier molecular flexibility index (Phi) is 10.3. The quantitative estimate of drug-likeness (QED) is 0.298. The minimum Gasteiger partial charge on any atom is -0.350 e. The van der Waals surface area contributed by atoms with Crippen molar-refractivity contribution >= 4 is 50.7 Å². The molecule has 3 aromatic carbocycles. The first kappa shape index (κ1) is 31.5. The molecule has 3 aromatic rings. The monoisotopic (exact) mass is 603 g/mol. The Morgan fingerprint density at radius 1 is 0.925 bits per heavy atom. The van der Waals surface area contributed by atoms with Gasteiger partial charge in [0.25, 0.3) is 10.0 Å². The molecule has 1 atom stereocenters. The van der Waals surface area contributed by atoms with E-state index < -0.39 is 34.1 Å². The van der Waals surface area contributed by atoms with Gasteiger partial charge in [0.15, 0.2) is 0 Å². The van der Waals surface area contributed by atoms with Gasteiger partial charge in [-0.2, -0.15) is 0 Å². The third kappa shape index (κ3) is 7.99. The Morgan fingerprint density at radius 3 is 2.10 bits per heavy atom. The van der Waals surface area contributed by atoms with E-state index in [9.17, 15) is 18.0 Å². The molecule has 1 N–H and O–H groups in total. The summed E-state index contributed by atoms with van der Waals surface area (Å²) in [5, 5.41) is 3.62. The Morgan fingerprint density at radius 2 is 1.55 bits per heavy atom. The number of sulfonamides is 1. The van der Waals surface area contributed by atoms with Crippen LogP contribution in [0.5, 0.6) is 0 Å². The summed E-state index contributed by atoms with van der Waals surface area (Å²) in [6, 6.07) is 19.0. The fourth-order valence-electron chi connectivity index (χ4n) is 4.17. The summed E-state index contributed by atoms with van der Waals surface area (Å²) in [5.41, 5.74) is 1.36. The van der Waals surface area contributed by atoms with Gasteiger partial charge in [-0.05, 0) is 76.1 Å². The fraction of sp³-hybridized carbons (Fsp3) is 0.333. The molecule has 1 unspecified atom stereocenters. The fourth-order valence-corrected chi connectivity index (χ4v) is 5.90. The van der Waals surface area contributed by atoms with Gasteiger partial charge in [0.2, 0.25) is 11.8 Å². The van der Waals surface area contributed by atoms with Crippen molar-refractivity contribution in [3.8, 4) is 0 Å². The highest BCUT2D eigenvalue weighted by Gasteiger charge is 2.34. The first-order valence-corrected chi connectivity index (χ1v) is 15.1. The van der Waals surface area contributed by atoms with Crippen molar-refractivity contribution in [3.63, 3.8) is 0 Å². The lowest BCUT2D eigenvalue weighted by atomic mass is 10.1. The second-order valence-electron chi connectivity index (χ2n) is 10.6. The van der Waals surface area contributed by atoms with E-state index in [0.29, 0.717) is 27.7 Å². The highest BCUT2D eigenvalue weighted by molar-refractivity contribution is 7.92. The van der Waals surface area contributed by atoms with E-state index in [2.05, 4.69) is 5.32 Å². The van der Waals surface area contributed by atoms with E-state index in [1.165, 1.54) is 17.0 Å². The number of hydrogen-bond acceptors (Lipinski definition) is 4. The third-order valence-electron chi connectivity index (χ3n) is 6.15. The van der Waals surface area contributed by atoms with Gasteiger partial charge in [-0.1, -0.05) is 72.1 Å². The average molecular weight is 605 g/mol. The standard InChI is InChI=1S/C30H35Cl2N3O4S/c1-6-27(29(37)33-30(3,4)5)34(19-22-14-17-25(31)26(32)18-22)28(36)20-35(23-10-8-7-9-11-23)40(38,39)24-15-12-21(2)13-16-24/h7-18,27H,6,19-20H2,1-5H3,(H,33,37). The van der Waals surface area contributed by atoms with E-state index in [-0.39, 0.29) is 17.3 Å². The topological polar surface area (TPSA) is 86.8 Å². The molecule has 10 heteroatoms. The number of halogens is 2. The molecule has 0 saturated carbocycles. The average Bonchev–Trinajstić information content (AvgIpc) is 2.88. The number of anilines is 1. The molecule has 0 radical (unpaired) electrons. The molecule has 0 spiro atoms. The number of nitrogens with zero attached hydrogens (tertiary/aromatic N) is 2. The van der Waals surface area contributed by atoms with Gasteiger partial charge in [-0.3, -0.25) is 13.9 Å². The van der Waals surface area contributed by atoms with E-state index in [0.717, 1.165) is 9.87 Å². The summed E-state index contributed by atoms with van der Waals surface area (Å²) in [6.45, 7) is 8.75. The molecule has 214 valence electrons. The lowest BCUT2D eigenvalue weighted by Crippen LogP contribution is -2.55. The van der Waals surface area contributed by atoms with Crippen molar-refractivity contribution in [2.45, 2.75) is 64.1 Å². The SMILES string of the molecule is CCC(C(=O)NC(C)(C)C)N(Cc1ccc(Cl)c(Cl)c1)C(=O)CN(c1ccccc1)S(=O)(=O)c1ccc(C)cc1. The Labute approximate surface area is 247 Å². The maximum atomic E-state index is 14.1. The zero-order chi connectivity index (χ0) is 29.7. The summed E-state index contributed by atoms with van der Waals surface area (Å²) in [5.74, 6) is -0.877. The molecule has 3 rings (SSSR count). The first-order valence-electron chi connectivity index (χ1n) is 12.9. The van der Waals surface area contributed by atoms with Crippen LogP contribution in [-0.4, -0.2) is 43.3 Å². The maximum Gasteiger partial charge on any atom is 0.264 e. The van der Waals surface area contributed by atoms with E-state index in [1.807, 2.05) is 27.7 Å². The molecule has 2 amide bonds. The number of para-hydroxylation sites is 1. The lowest BCUT2D eigenvalue weighted by Gasteiger charge is -2.34. The van der Waals surface area contributed by atoms with Gasteiger partial charge in [0.1, 0.15) is 12.6 Å². The smallest absolute Gasteiger partial charge is 0.264 e. The molecule has 0 heterocycles. The first-order chi connectivity index (χ1) is 18.7. The molecule has 0 aliphatic rings. The summed E-state index contributed by atoms with van der Waals surface area (Å²) < 4.78 is 28.8. The largest absolute Gasteiger partial charge is 0.350 e. The second kappa shape index (κ2) is 13.1. The predicted molar refractivity (Wildman–Crippen MR) is 161 cm³/mol. The van der Waals surface area contributed by atoms with Crippen LogP contribution in [0.25, 0.3) is 0 Å². The number of carbonyl (C=O) groups excluding carboxylic acids is 2. The number of rotatable bonds is 10. The van der Waals surface area contributed by atoms with Crippen LogP contribution in [0.2, 0.25) is 10.0 Å². The van der Waals surface area contributed by atoms with Gasteiger partial charge in [-0.15, -0.1) is 0 Å². The van der Waals surface area contributed by atoms with Crippen LogP contribution < -0.4 is 9.62 Å². The Balaban J connectivity index is 2.06. The molecule has 7 nitrogen and oxygen atoms in total. The number of hydrogen-bond donors (Lipinski definition) is 1. The Hall–Kier alpha value is -3.07. The van der Waals surface area contributed by atoms with E-state index >= 15 is 0 Å². The van der Waals surface area contributed by atoms with Crippen molar-refractivity contribution < 1.29 is 18.0 Å². The van der Waals surface area contributed by atoms with E-state index in [4.69, 9.17) is 23.2 Å². The van der Waals surface area contributed by atoms with Crippen LogP contribution in [0.3, 0.4) is 0 Å². The molecular formula is C30H35Cl2N3O4S. The summed E-state index contributed by atoms with van der Waals surface area (Å²) in [4.78, 5) is 28.9. The Bertz CT molecular complexity index is 1440. The normalized spacial score (nSPS) is 12.5. The van der Waals surface area contributed by atoms with Crippen LogP contribution in [0, 0.1) is 6.92 Å². The molecule has 0 saturated heterocycles. The summed E-state index contributed by atoms with van der Waals surface area (Å²) in [6.07, 6.45) is 0.311. The third-order valence-corrected chi connectivity index (χ3v) is 8.68. The van der Waals surface area contributed by atoms with Gasteiger partial charge in [-0.25, -0.2) is 8.42 Å². The predicted octanol–water partition coefficient (Wildman–Crippen LogP) is 6.22.